The van der Waals surface area contributed by atoms with Crippen LogP contribution in [0.15, 0.2) is 39.9 Å². The summed E-state index contributed by atoms with van der Waals surface area (Å²) in [5.41, 5.74) is 0. The Balaban J connectivity index is 1.95. The van der Waals surface area contributed by atoms with E-state index in [2.05, 4.69) is 0 Å². The zero-order valence-corrected chi connectivity index (χ0v) is 12.7. The number of nitrogens with zero attached hydrogens (tertiary/aromatic N) is 1. The van der Waals surface area contributed by atoms with E-state index in [1.54, 1.807) is 30.6 Å². The first-order valence-corrected chi connectivity index (χ1v) is 7.48. The summed E-state index contributed by atoms with van der Waals surface area (Å²) in [4.78, 5) is 24.6. The zero-order valence-electron chi connectivity index (χ0n) is 11.0. The highest BCUT2D eigenvalue weighted by Crippen LogP contribution is 2.31. The van der Waals surface area contributed by atoms with Crippen molar-refractivity contribution in [2.24, 2.45) is 0 Å². The van der Waals surface area contributed by atoms with Gasteiger partial charge in [-0.1, -0.05) is 30.1 Å². The second-order valence-electron chi connectivity index (χ2n) is 4.23. The number of furan rings is 1. The van der Waals surface area contributed by atoms with Crippen molar-refractivity contribution in [2.75, 3.05) is 6.54 Å². The number of aliphatic carboxylic acids is 1. The van der Waals surface area contributed by atoms with Gasteiger partial charge < -0.3 is 9.52 Å². The number of allylic oxidation sites excluding steroid dienone is 2. The van der Waals surface area contributed by atoms with E-state index in [9.17, 15) is 9.59 Å². The summed E-state index contributed by atoms with van der Waals surface area (Å²) in [6, 6.07) is 3.59. The average Bonchev–Trinajstić information content (AvgIpc) is 3.02. The van der Waals surface area contributed by atoms with Crippen molar-refractivity contribution in [3.8, 4) is 0 Å². The molecule has 1 amide bonds. The molecule has 0 saturated carbocycles. The summed E-state index contributed by atoms with van der Waals surface area (Å²) >= 11 is 6.36. The maximum absolute atomic E-state index is 12.1. The summed E-state index contributed by atoms with van der Waals surface area (Å²) in [6.45, 7) is 0.330. The van der Waals surface area contributed by atoms with Crippen molar-refractivity contribution in [1.82, 2.24) is 4.90 Å². The van der Waals surface area contributed by atoms with Gasteiger partial charge in [0.2, 0.25) is 0 Å². The highest BCUT2D eigenvalue weighted by atomic mass is 32.2. The van der Waals surface area contributed by atoms with Gasteiger partial charge in [0.05, 0.1) is 11.2 Å². The van der Waals surface area contributed by atoms with Crippen LogP contribution in [-0.4, -0.2) is 32.7 Å². The Morgan fingerprint density at radius 3 is 3.00 bits per heavy atom. The number of hydrogen-bond acceptors (Lipinski definition) is 5. The van der Waals surface area contributed by atoms with Crippen molar-refractivity contribution in [2.45, 2.75) is 12.8 Å². The lowest BCUT2D eigenvalue weighted by Crippen LogP contribution is -2.29. The van der Waals surface area contributed by atoms with Gasteiger partial charge >= 0.3 is 5.97 Å². The van der Waals surface area contributed by atoms with Crippen LogP contribution in [-0.2, 0) is 9.59 Å². The van der Waals surface area contributed by atoms with Gasteiger partial charge in [0.1, 0.15) is 10.1 Å². The second kappa shape index (κ2) is 7.24. The summed E-state index contributed by atoms with van der Waals surface area (Å²) in [5.74, 6) is -0.361. The van der Waals surface area contributed by atoms with Gasteiger partial charge in [-0.2, -0.15) is 0 Å². The van der Waals surface area contributed by atoms with Crippen LogP contribution in [0.4, 0.5) is 0 Å². The molecule has 5 nitrogen and oxygen atoms in total. The van der Waals surface area contributed by atoms with Crippen molar-refractivity contribution >= 4 is 46.3 Å². The van der Waals surface area contributed by atoms with Crippen LogP contribution < -0.4 is 0 Å². The van der Waals surface area contributed by atoms with Gasteiger partial charge in [-0.3, -0.25) is 14.5 Å². The molecule has 0 aliphatic carbocycles. The molecule has 1 N–H and O–H groups in total. The van der Waals surface area contributed by atoms with Gasteiger partial charge in [-0.25, -0.2) is 0 Å². The fourth-order valence-corrected chi connectivity index (χ4v) is 2.97. The number of carbonyl (C=O) groups excluding carboxylic acids is 1. The molecule has 7 heteroatoms. The largest absolute Gasteiger partial charge is 0.481 e. The SMILES string of the molecule is O=C(O)CCCN1C(=O)/C(=C\C=C\c2ccco2)SC1=S. The lowest BCUT2D eigenvalue weighted by atomic mass is 10.3. The number of hydrogen-bond donors (Lipinski definition) is 1. The van der Waals surface area contributed by atoms with Crippen LogP contribution in [0.3, 0.4) is 0 Å². The Morgan fingerprint density at radius 1 is 1.52 bits per heavy atom. The Labute approximate surface area is 131 Å². The molecule has 2 heterocycles. The van der Waals surface area contributed by atoms with Crippen molar-refractivity contribution in [3.05, 3.63) is 41.2 Å². The van der Waals surface area contributed by atoms with Crippen LogP contribution in [0.5, 0.6) is 0 Å². The maximum atomic E-state index is 12.1. The van der Waals surface area contributed by atoms with E-state index in [1.807, 2.05) is 6.07 Å². The molecular formula is C14H13NO4S2. The van der Waals surface area contributed by atoms with Crippen molar-refractivity contribution in [1.29, 1.82) is 0 Å². The molecule has 110 valence electrons. The highest BCUT2D eigenvalue weighted by molar-refractivity contribution is 8.26. The Bertz CT molecular complexity index is 605. The number of carboxylic acid groups (broad SMARTS) is 1. The second-order valence-corrected chi connectivity index (χ2v) is 5.90. The molecule has 1 aliphatic heterocycles. The lowest BCUT2D eigenvalue weighted by molar-refractivity contribution is -0.137. The number of carboxylic acids is 1. The van der Waals surface area contributed by atoms with Gasteiger partial charge in [-0.15, -0.1) is 0 Å². The minimum absolute atomic E-state index is 0.0223. The number of carbonyl (C=O) groups is 2. The molecule has 0 bridgehead atoms. The summed E-state index contributed by atoms with van der Waals surface area (Å²) in [7, 11) is 0. The van der Waals surface area contributed by atoms with Crippen molar-refractivity contribution < 1.29 is 19.1 Å². The van der Waals surface area contributed by atoms with Crippen LogP contribution in [0.1, 0.15) is 18.6 Å². The number of thiocarbonyl (C=S) groups is 1. The predicted octanol–water partition coefficient (Wildman–Crippen LogP) is 2.90. The molecule has 1 aromatic heterocycles. The molecule has 0 radical (unpaired) electrons. The third-order valence-corrected chi connectivity index (χ3v) is 4.09. The third kappa shape index (κ3) is 4.30. The molecule has 1 saturated heterocycles. The van der Waals surface area contributed by atoms with Gasteiger partial charge in [-0.05, 0) is 30.7 Å². The first kappa shape index (κ1) is 15.5. The monoisotopic (exact) mass is 323 g/mol. The van der Waals surface area contributed by atoms with E-state index < -0.39 is 5.97 Å². The molecule has 0 unspecified atom stereocenters. The summed E-state index contributed by atoms with van der Waals surface area (Å²) < 4.78 is 5.60. The molecule has 1 aromatic rings. The Hall–Kier alpha value is -1.86. The fourth-order valence-electron chi connectivity index (χ4n) is 1.71. The van der Waals surface area contributed by atoms with Crippen LogP contribution in [0.25, 0.3) is 6.08 Å². The molecule has 1 aliphatic rings. The zero-order chi connectivity index (χ0) is 15.2. The maximum Gasteiger partial charge on any atom is 0.303 e. The molecule has 1 fully saturated rings. The van der Waals surface area contributed by atoms with Gasteiger partial charge in [0.25, 0.3) is 5.91 Å². The molecule has 0 atom stereocenters. The standard InChI is InChI=1S/C14H13NO4S2/c16-12(17)7-2-8-15-13(18)11(21-14(15)20)6-1-4-10-5-3-9-19-10/h1,3-6,9H,2,7-8H2,(H,16,17)/b4-1+,11-6+. The molecule has 2 rings (SSSR count). The topological polar surface area (TPSA) is 70.8 Å². The smallest absolute Gasteiger partial charge is 0.303 e. The van der Waals surface area contributed by atoms with Crippen LogP contribution >= 0.6 is 24.0 Å². The Morgan fingerprint density at radius 2 is 2.33 bits per heavy atom. The number of amides is 1. The van der Waals surface area contributed by atoms with Gasteiger partial charge in [0, 0.05) is 13.0 Å². The minimum Gasteiger partial charge on any atom is -0.481 e. The Kier molecular flexibility index (Phi) is 5.35. The summed E-state index contributed by atoms with van der Waals surface area (Å²) in [6.07, 6.45) is 7.13. The molecular weight excluding hydrogens is 310 g/mol. The molecule has 0 spiro atoms. The normalized spacial score (nSPS) is 17.3. The van der Waals surface area contributed by atoms with E-state index in [0.717, 1.165) is 0 Å². The fraction of sp³-hybridized carbons (Fsp3) is 0.214. The minimum atomic E-state index is -0.877. The first-order chi connectivity index (χ1) is 10.1. The van der Waals surface area contributed by atoms with E-state index in [0.29, 0.717) is 28.0 Å². The highest BCUT2D eigenvalue weighted by Gasteiger charge is 2.31. The summed E-state index contributed by atoms with van der Waals surface area (Å²) in [5, 5.41) is 8.61. The van der Waals surface area contributed by atoms with E-state index >= 15 is 0 Å². The number of thioether (sulfide) groups is 1. The van der Waals surface area contributed by atoms with Gasteiger partial charge in [0.15, 0.2) is 0 Å². The number of rotatable bonds is 6. The van der Waals surface area contributed by atoms with E-state index in [1.165, 1.54) is 16.7 Å². The predicted molar refractivity (Wildman–Crippen MR) is 84.6 cm³/mol. The van der Waals surface area contributed by atoms with Crippen LogP contribution in [0.2, 0.25) is 0 Å². The van der Waals surface area contributed by atoms with Crippen molar-refractivity contribution in [3.63, 3.8) is 0 Å². The quantitative estimate of drug-likeness (QED) is 0.641. The molecule has 21 heavy (non-hydrogen) atoms. The van der Waals surface area contributed by atoms with E-state index in [-0.39, 0.29) is 12.3 Å². The lowest BCUT2D eigenvalue weighted by Gasteiger charge is -2.12. The average molecular weight is 323 g/mol. The van der Waals surface area contributed by atoms with Crippen LogP contribution in [0, 0.1) is 0 Å². The first-order valence-electron chi connectivity index (χ1n) is 6.25. The molecule has 0 aromatic carbocycles. The van der Waals surface area contributed by atoms with E-state index in [4.69, 9.17) is 21.7 Å². The third-order valence-electron chi connectivity index (χ3n) is 2.70.